The first-order chi connectivity index (χ1) is 13.9. The standard InChI is InChI=1S/C22H31N3O3S/c1-4-25-16(2)8-9-20-21(25)11-10-19(22(20)28-18-6-5-7-18)17-14-23-24(15-17)12-13-29(3,26)27/h10-11,14-16,18H,4-9,12-13H2,1-3H3/t16-/m0/s1. The van der Waals surface area contributed by atoms with Crippen LogP contribution in [0.5, 0.6) is 5.75 Å². The largest absolute Gasteiger partial charge is 0.489 e. The molecule has 0 bridgehead atoms. The highest BCUT2D eigenvalue weighted by atomic mass is 32.2. The van der Waals surface area contributed by atoms with Gasteiger partial charge in [-0.3, -0.25) is 4.68 Å². The van der Waals surface area contributed by atoms with Crippen molar-refractivity contribution < 1.29 is 13.2 Å². The van der Waals surface area contributed by atoms with E-state index in [1.165, 1.54) is 23.9 Å². The van der Waals surface area contributed by atoms with Crippen LogP contribution in [0.25, 0.3) is 11.1 Å². The minimum Gasteiger partial charge on any atom is -0.489 e. The zero-order chi connectivity index (χ0) is 20.6. The molecule has 1 aliphatic heterocycles. The maximum Gasteiger partial charge on any atom is 0.149 e. The Morgan fingerprint density at radius 2 is 2.03 bits per heavy atom. The Hall–Kier alpha value is -2.02. The van der Waals surface area contributed by atoms with E-state index in [0.29, 0.717) is 18.7 Å². The summed E-state index contributed by atoms with van der Waals surface area (Å²) < 4.78 is 31.2. The Balaban J connectivity index is 1.70. The number of hydrogen-bond acceptors (Lipinski definition) is 5. The third-order valence-corrected chi connectivity index (χ3v) is 7.13. The van der Waals surface area contributed by atoms with Crippen LogP contribution >= 0.6 is 0 Å². The van der Waals surface area contributed by atoms with Crippen molar-refractivity contribution in [2.24, 2.45) is 0 Å². The first kappa shape index (κ1) is 20.3. The van der Waals surface area contributed by atoms with Crippen molar-refractivity contribution in [1.29, 1.82) is 0 Å². The number of nitrogens with zero attached hydrogens (tertiary/aromatic N) is 3. The van der Waals surface area contributed by atoms with Crippen LogP contribution in [0.2, 0.25) is 0 Å². The van der Waals surface area contributed by atoms with Crippen LogP contribution in [-0.2, 0) is 22.8 Å². The van der Waals surface area contributed by atoms with Crippen molar-refractivity contribution in [3.63, 3.8) is 0 Å². The topological polar surface area (TPSA) is 64.4 Å². The molecule has 7 heteroatoms. The molecule has 1 aromatic heterocycles. The lowest BCUT2D eigenvalue weighted by atomic mass is 9.91. The number of fused-ring (bicyclic) bond motifs is 1. The smallest absolute Gasteiger partial charge is 0.149 e. The Kier molecular flexibility index (Phi) is 5.60. The molecule has 29 heavy (non-hydrogen) atoms. The molecular formula is C22H31N3O3S. The van der Waals surface area contributed by atoms with E-state index < -0.39 is 9.84 Å². The van der Waals surface area contributed by atoms with Crippen molar-refractivity contribution >= 4 is 15.5 Å². The molecule has 1 aromatic carbocycles. The summed E-state index contributed by atoms with van der Waals surface area (Å²) in [6.07, 6.45) is 10.9. The minimum absolute atomic E-state index is 0.0904. The summed E-state index contributed by atoms with van der Waals surface area (Å²) in [5.74, 6) is 1.09. The van der Waals surface area contributed by atoms with E-state index in [1.54, 1.807) is 4.68 Å². The first-order valence-electron chi connectivity index (χ1n) is 10.7. The van der Waals surface area contributed by atoms with Gasteiger partial charge >= 0.3 is 0 Å². The summed E-state index contributed by atoms with van der Waals surface area (Å²) in [6, 6.07) is 4.89. The Morgan fingerprint density at radius 3 is 2.69 bits per heavy atom. The Labute approximate surface area is 173 Å². The summed E-state index contributed by atoms with van der Waals surface area (Å²) in [7, 11) is -3.01. The van der Waals surface area contributed by atoms with Crippen LogP contribution in [-0.4, -0.2) is 48.9 Å². The van der Waals surface area contributed by atoms with Gasteiger partial charge in [0.1, 0.15) is 15.6 Å². The molecule has 1 atom stereocenters. The second kappa shape index (κ2) is 8.01. The molecule has 0 saturated heterocycles. The molecule has 6 nitrogen and oxygen atoms in total. The van der Waals surface area contributed by atoms with E-state index in [0.717, 1.165) is 49.1 Å². The van der Waals surface area contributed by atoms with Crippen molar-refractivity contribution in [1.82, 2.24) is 9.78 Å². The van der Waals surface area contributed by atoms with Crippen LogP contribution < -0.4 is 9.64 Å². The fourth-order valence-corrected chi connectivity index (χ4v) is 4.78. The molecule has 2 aromatic rings. The Morgan fingerprint density at radius 1 is 1.24 bits per heavy atom. The van der Waals surface area contributed by atoms with Crippen LogP contribution in [0.15, 0.2) is 24.5 Å². The van der Waals surface area contributed by atoms with Gasteiger partial charge in [-0.25, -0.2) is 8.42 Å². The van der Waals surface area contributed by atoms with Gasteiger partial charge in [-0.15, -0.1) is 0 Å². The zero-order valence-corrected chi connectivity index (χ0v) is 18.4. The van der Waals surface area contributed by atoms with E-state index in [1.807, 2.05) is 12.4 Å². The molecule has 0 amide bonds. The summed E-state index contributed by atoms with van der Waals surface area (Å²) >= 11 is 0. The van der Waals surface area contributed by atoms with Gasteiger partial charge in [-0.2, -0.15) is 5.10 Å². The molecule has 0 radical (unpaired) electrons. The molecule has 0 N–H and O–H groups in total. The molecule has 1 aliphatic carbocycles. The van der Waals surface area contributed by atoms with E-state index in [2.05, 4.69) is 36.0 Å². The van der Waals surface area contributed by atoms with Gasteiger partial charge in [0.05, 0.1) is 24.6 Å². The first-order valence-corrected chi connectivity index (χ1v) is 12.7. The number of rotatable bonds is 7. The van der Waals surface area contributed by atoms with Gasteiger partial charge in [0.15, 0.2) is 0 Å². The van der Waals surface area contributed by atoms with E-state index in [-0.39, 0.29) is 5.75 Å². The second-order valence-electron chi connectivity index (χ2n) is 8.41. The molecule has 0 unspecified atom stereocenters. The summed E-state index contributed by atoms with van der Waals surface area (Å²) in [6.45, 7) is 5.85. The number of hydrogen-bond donors (Lipinski definition) is 0. The molecule has 1 saturated carbocycles. The minimum atomic E-state index is -3.01. The molecule has 0 spiro atoms. The Bertz CT molecular complexity index is 979. The molecule has 2 aliphatic rings. The van der Waals surface area contributed by atoms with Crippen molar-refractivity contribution in [2.45, 2.75) is 64.6 Å². The third-order valence-electron chi connectivity index (χ3n) is 6.20. The summed E-state index contributed by atoms with van der Waals surface area (Å²) in [5.41, 5.74) is 4.64. The van der Waals surface area contributed by atoms with E-state index in [4.69, 9.17) is 4.74 Å². The van der Waals surface area contributed by atoms with Gasteiger partial charge in [-0.1, -0.05) is 0 Å². The van der Waals surface area contributed by atoms with Gasteiger partial charge in [-0.05, 0) is 58.1 Å². The fourth-order valence-electron chi connectivity index (χ4n) is 4.26. The highest BCUT2D eigenvalue weighted by Crippen LogP contribution is 2.44. The lowest BCUT2D eigenvalue weighted by molar-refractivity contribution is 0.119. The normalized spacial score (nSPS) is 19.7. The van der Waals surface area contributed by atoms with Gasteiger partial charge in [0.25, 0.3) is 0 Å². The molecular weight excluding hydrogens is 386 g/mol. The SMILES string of the molecule is CCN1c2ccc(-c3cnn(CCS(C)(=O)=O)c3)c(OC3CCC3)c2CC[C@@H]1C. The average molecular weight is 418 g/mol. The third kappa shape index (κ3) is 4.29. The van der Waals surface area contributed by atoms with E-state index >= 15 is 0 Å². The van der Waals surface area contributed by atoms with Crippen LogP contribution in [0.1, 0.15) is 45.1 Å². The molecule has 4 rings (SSSR count). The molecule has 158 valence electrons. The highest BCUT2D eigenvalue weighted by Gasteiger charge is 2.29. The second-order valence-corrected chi connectivity index (χ2v) is 10.7. The van der Waals surface area contributed by atoms with Crippen LogP contribution in [0.4, 0.5) is 5.69 Å². The lowest BCUT2D eigenvalue weighted by Gasteiger charge is -2.38. The fraction of sp³-hybridized carbons (Fsp3) is 0.591. The highest BCUT2D eigenvalue weighted by molar-refractivity contribution is 7.90. The number of ether oxygens (including phenoxy) is 1. The van der Waals surface area contributed by atoms with Gasteiger partial charge in [0.2, 0.25) is 0 Å². The predicted octanol–water partition coefficient (Wildman–Crippen LogP) is 3.69. The van der Waals surface area contributed by atoms with Crippen LogP contribution in [0.3, 0.4) is 0 Å². The lowest BCUT2D eigenvalue weighted by Crippen LogP contribution is -2.37. The molecule has 1 fully saturated rings. The number of aryl methyl sites for hydroxylation is 1. The van der Waals surface area contributed by atoms with Crippen molar-refractivity contribution in [2.75, 3.05) is 23.5 Å². The van der Waals surface area contributed by atoms with Gasteiger partial charge < -0.3 is 9.64 Å². The predicted molar refractivity (Wildman–Crippen MR) is 116 cm³/mol. The zero-order valence-electron chi connectivity index (χ0n) is 17.6. The van der Waals surface area contributed by atoms with Crippen molar-refractivity contribution in [3.05, 3.63) is 30.1 Å². The monoisotopic (exact) mass is 417 g/mol. The number of aromatic nitrogens is 2. The average Bonchev–Trinajstić information content (AvgIpc) is 3.11. The quantitative estimate of drug-likeness (QED) is 0.687. The van der Waals surface area contributed by atoms with Gasteiger partial charge in [0, 0.05) is 47.4 Å². The summed E-state index contributed by atoms with van der Waals surface area (Å²) in [5, 5.41) is 4.39. The number of sulfone groups is 1. The summed E-state index contributed by atoms with van der Waals surface area (Å²) in [4.78, 5) is 2.46. The maximum atomic E-state index is 11.5. The number of anilines is 1. The van der Waals surface area contributed by atoms with Crippen LogP contribution in [0, 0.1) is 0 Å². The van der Waals surface area contributed by atoms with E-state index in [9.17, 15) is 8.42 Å². The molecule has 2 heterocycles. The van der Waals surface area contributed by atoms with Crippen molar-refractivity contribution in [3.8, 4) is 16.9 Å². The number of benzene rings is 1. The maximum absolute atomic E-state index is 11.5.